The number of methoxy groups -OCH3 is 1. The fraction of sp³-hybridized carbons (Fsp3) is 0.308. The monoisotopic (exact) mass is 328 g/mol. The lowest BCUT2D eigenvalue weighted by atomic mass is 10.1. The number of benzene rings is 1. The number of halogens is 2. The Morgan fingerprint density at radius 1 is 1.53 bits per heavy atom. The molecule has 4 nitrogen and oxygen atoms in total. The van der Waals surface area contributed by atoms with Crippen LogP contribution in [0.15, 0.2) is 28.9 Å². The van der Waals surface area contributed by atoms with Crippen molar-refractivity contribution < 1.29 is 14.2 Å². The molecule has 0 aliphatic heterocycles. The van der Waals surface area contributed by atoms with Gasteiger partial charge in [-0.1, -0.05) is 6.07 Å². The number of hydrogen-bond acceptors (Lipinski definition) is 3. The van der Waals surface area contributed by atoms with E-state index in [0.717, 1.165) is 0 Å². The quantitative estimate of drug-likeness (QED) is 0.938. The van der Waals surface area contributed by atoms with Gasteiger partial charge in [-0.15, -0.1) is 0 Å². The lowest BCUT2D eigenvalue weighted by Gasteiger charge is -2.14. The molecule has 0 saturated carbocycles. The number of rotatable bonds is 4. The van der Waals surface area contributed by atoms with Crippen LogP contribution in [0.3, 0.4) is 0 Å². The molecule has 0 amide bonds. The Balaban J connectivity index is 2.43. The predicted octanol–water partition coefficient (Wildman–Crippen LogP) is 2.89. The molecule has 2 aromatic rings. The topological polar surface area (TPSA) is 47.3 Å². The number of nitrogens with zero attached hydrogens (tertiary/aromatic N) is 2. The maximum atomic E-state index is 13.4. The summed E-state index contributed by atoms with van der Waals surface area (Å²) in [4.78, 5) is 0. The molecule has 0 aliphatic carbocycles. The summed E-state index contributed by atoms with van der Waals surface area (Å²) in [6, 6.07) is 4.29. The van der Waals surface area contributed by atoms with E-state index in [2.05, 4.69) is 21.0 Å². The van der Waals surface area contributed by atoms with E-state index in [0.29, 0.717) is 22.3 Å². The summed E-state index contributed by atoms with van der Waals surface area (Å²) in [5.74, 6) is -0.350. The molecule has 1 aromatic heterocycles. The molecule has 1 heterocycles. The Hall–Kier alpha value is -1.40. The lowest BCUT2D eigenvalue weighted by Crippen LogP contribution is -2.10. The summed E-state index contributed by atoms with van der Waals surface area (Å²) in [6.45, 7) is 2.57. The fourth-order valence-corrected chi connectivity index (χ4v) is 2.41. The van der Waals surface area contributed by atoms with E-state index in [-0.39, 0.29) is 5.75 Å². The molecular weight excluding hydrogens is 315 g/mol. The van der Waals surface area contributed by atoms with Gasteiger partial charge in [-0.2, -0.15) is 5.10 Å². The lowest BCUT2D eigenvalue weighted by molar-refractivity contribution is 0.206. The number of aryl methyl sites for hydroxylation is 1. The highest BCUT2D eigenvalue weighted by molar-refractivity contribution is 9.10. The maximum Gasteiger partial charge on any atom is 0.165 e. The van der Waals surface area contributed by atoms with Gasteiger partial charge >= 0.3 is 0 Å². The minimum absolute atomic E-state index is 0.107. The van der Waals surface area contributed by atoms with Crippen molar-refractivity contribution in [3.63, 3.8) is 0 Å². The Morgan fingerprint density at radius 2 is 2.26 bits per heavy atom. The van der Waals surface area contributed by atoms with Gasteiger partial charge in [-0.05, 0) is 40.5 Å². The van der Waals surface area contributed by atoms with E-state index in [9.17, 15) is 9.50 Å². The average Bonchev–Trinajstić information content (AvgIpc) is 2.79. The second-order valence-electron chi connectivity index (χ2n) is 3.99. The van der Waals surface area contributed by atoms with Gasteiger partial charge in [0.25, 0.3) is 0 Å². The van der Waals surface area contributed by atoms with Gasteiger partial charge in [0.05, 0.1) is 23.5 Å². The normalized spacial score (nSPS) is 12.5. The molecule has 1 unspecified atom stereocenters. The molecule has 1 atom stereocenters. The van der Waals surface area contributed by atoms with Gasteiger partial charge in [0.1, 0.15) is 6.10 Å². The largest absolute Gasteiger partial charge is 0.494 e. The van der Waals surface area contributed by atoms with Crippen molar-refractivity contribution >= 4 is 15.9 Å². The van der Waals surface area contributed by atoms with Crippen LogP contribution in [0, 0.1) is 5.82 Å². The first kappa shape index (κ1) is 14.0. The molecule has 0 bridgehead atoms. The van der Waals surface area contributed by atoms with Crippen LogP contribution in [-0.2, 0) is 6.54 Å². The van der Waals surface area contributed by atoms with Gasteiger partial charge in [0.15, 0.2) is 11.6 Å². The average molecular weight is 329 g/mol. The van der Waals surface area contributed by atoms with E-state index < -0.39 is 11.9 Å². The van der Waals surface area contributed by atoms with Crippen molar-refractivity contribution in [2.75, 3.05) is 7.11 Å². The first-order valence-electron chi connectivity index (χ1n) is 5.81. The van der Waals surface area contributed by atoms with Gasteiger partial charge in [-0.3, -0.25) is 4.68 Å². The Bertz CT molecular complexity index is 586. The van der Waals surface area contributed by atoms with Crippen molar-refractivity contribution in [2.24, 2.45) is 0 Å². The summed E-state index contributed by atoms with van der Waals surface area (Å²) in [7, 11) is 1.39. The van der Waals surface area contributed by atoms with Crippen LogP contribution in [0.4, 0.5) is 4.39 Å². The molecule has 0 saturated heterocycles. The van der Waals surface area contributed by atoms with Gasteiger partial charge in [-0.25, -0.2) is 4.39 Å². The third-order valence-corrected chi connectivity index (χ3v) is 3.49. The third kappa shape index (κ3) is 2.64. The van der Waals surface area contributed by atoms with Crippen molar-refractivity contribution in [2.45, 2.75) is 19.6 Å². The van der Waals surface area contributed by atoms with Crippen LogP contribution >= 0.6 is 15.9 Å². The Kier molecular flexibility index (Phi) is 4.21. The van der Waals surface area contributed by atoms with Crippen molar-refractivity contribution in [3.05, 3.63) is 45.9 Å². The highest BCUT2D eigenvalue weighted by Gasteiger charge is 2.20. The summed E-state index contributed by atoms with van der Waals surface area (Å²) in [6.07, 6.45) is 0.731. The van der Waals surface area contributed by atoms with Crippen LogP contribution in [0.1, 0.15) is 24.3 Å². The van der Waals surface area contributed by atoms with Crippen LogP contribution in [0.25, 0.3) is 0 Å². The number of aliphatic hydroxyl groups excluding tert-OH is 1. The molecular formula is C13H14BrFN2O2. The minimum atomic E-state index is -0.897. The SMILES string of the molecule is CCn1ncc(Br)c1C(O)c1ccc(F)c(OC)c1. The van der Waals surface area contributed by atoms with E-state index in [4.69, 9.17) is 4.74 Å². The molecule has 1 N–H and O–H groups in total. The zero-order valence-corrected chi connectivity index (χ0v) is 12.2. The number of aliphatic hydroxyl groups is 1. The molecule has 1 aromatic carbocycles. The van der Waals surface area contributed by atoms with Crippen LogP contribution in [0.2, 0.25) is 0 Å². The Labute approximate surface area is 118 Å². The fourth-order valence-electron chi connectivity index (χ4n) is 1.90. The van der Waals surface area contributed by atoms with Crippen molar-refractivity contribution in [1.29, 1.82) is 0 Å². The van der Waals surface area contributed by atoms with Gasteiger partial charge in [0, 0.05) is 6.54 Å². The zero-order chi connectivity index (χ0) is 14.0. The summed E-state index contributed by atoms with van der Waals surface area (Å²) in [5.41, 5.74) is 1.19. The minimum Gasteiger partial charge on any atom is -0.494 e. The van der Waals surface area contributed by atoms with Crippen molar-refractivity contribution in [1.82, 2.24) is 9.78 Å². The van der Waals surface area contributed by atoms with Gasteiger partial charge < -0.3 is 9.84 Å². The third-order valence-electron chi connectivity index (χ3n) is 2.88. The highest BCUT2D eigenvalue weighted by atomic mass is 79.9. The van der Waals surface area contributed by atoms with Crippen molar-refractivity contribution in [3.8, 4) is 5.75 Å². The second-order valence-corrected chi connectivity index (χ2v) is 4.84. The molecule has 0 radical (unpaired) electrons. The molecule has 102 valence electrons. The number of ether oxygens (including phenoxy) is 1. The first-order chi connectivity index (χ1) is 9.08. The summed E-state index contributed by atoms with van der Waals surface area (Å²) < 4.78 is 20.7. The summed E-state index contributed by atoms with van der Waals surface area (Å²) >= 11 is 3.36. The van der Waals surface area contributed by atoms with Gasteiger partial charge in [0.2, 0.25) is 0 Å². The predicted molar refractivity (Wildman–Crippen MR) is 72.6 cm³/mol. The first-order valence-corrected chi connectivity index (χ1v) is 6.60. The zero-order valence-electron chi connectivity index (χ0n) is 10.6. The number of aromatic nitrogens is 2. The summed E-state index contributed by atoms with van der Waals surface area (Å²) in [5, 5.41) is 14.6. The molecule has 0 spiro atoms. The highest BCUT2D eigenvalue weighted by Crippen LogP contribution is 2.31. The van der Waals surface area contributed by atoms with Crippen LogP contribution < -0.4 is 4.74 Å². The van der Waals surface area contributed by atoms with E-state index in [1.54, 1.807) is 10.9 Å². The molecule has 2 rings (SSSR count). The van der Waals surface area contributed by atoms with E-state index in [1.807, 2.05) is 6.92 Å². The molecule has 0 aliphatic rings. The van der Waals surface area contributed by atoms with E-state index >= 15 is 0 Å². The number of hydrogen-bond donors (Lipinski definition) is 1. The smallest absolute Gasteiger partial charge is 0.165 e. The van der Waals surface area contributed by atoms with Crippen LogP contribution in [-0.4, -0.2) is 22.0 Å². The van der Waals surface area contributed by atoms with E-state index in [1.165, 1.54) is 25.3 Å². The standard InChI is InChI=1S/C13H14BrFN2O2/c1-3-17-12(9(14)7-16-17)13(18)8-4-5-10(15)11(6-8)19-2/h4-7,13,18H,3H2,1-2H3. The molecule has 19 heavy (non-hydrogen) atoms. The Morgan fingerprint density at radius 3 is 2.89 bits per heavy atom. The maximum absolute atomic E-state index is 13.4. The second kappa shape index (κ2) is 5.71. The van der Waals surface area contributed by atoms with Crippen LogP contribution in [0.5, 0.6) is 5.75 Å². The molecule has 6 heteroatoms. The molecule has 0 fully saturated rings.